The number of halogens is 1. The Bertz CT molecular complexity index is 1420. The Morgan fingerprint density at radius 1 is 1.02 bits per heavy atom. The van der Waals surface area contributed by atoms with Crippen LogP contribution in [0.25, 0.3) is 0 Å². The number of anilines is 1. The van der Waals surface area contributed by atoms with E-state index in [0.717, 1.165) is 16.7 Å². The number of aliphatic hydroxyl groups is 1. The molecule has 1 aliphatic rings. The summed E-state index contributed by atoms with van der Waals surface area (Å²) in [6.45, 7) is -0.446. The Labute approximate surface area is 236 Å². The first-order valence-corrected chi connectivity index (χ1v) is 13.3. The predicted molar refractivity (Wildman–Crippen MR) is 150 cm³/mol. The molecule has 0 bridgehead atoms. The number of alkyl halides is 1. The molecule has 1 aromatic heterocycles. The molecule has 9 nitrogen and oxygen atoms in total. The molecule has 3 atom stereocenters. The number of nitrogens with one attached hydrogen (secondary N) is 1. The fourth-order valence-electron chi connectivity index (χ4n) is 5.20. The summed E-state index contributed by atoms with van der Waals surface area (Å²) < 4.78 is 20.2. The number of nitrogens with zero attached hydrogens (tertiary/aromatic N) is 2. The molecule has 0 unspecified atom stereocenters. The van der Waals surface area contributed by atoms with Crippen LogP contribution in [0.15, 0.2) is 102 Å². The van der Waals surface area contributed by atoms with Crippen molar-refractivity contribution in [2.75, 3.05) is 25.1 Å². The van der Waals surface area contributed by atoms with Crippen molar-refractivity contribution in [3.8, 4) is 5.75 Å². The molecule has 2 heterocycles. The van der Waals surface area contributed by atoms with Crippen LogP contribution in [0.1, 0.15) is 29.3 Å². The smallest absolute Gasteiger partial charge is 0.351 e. The summed E-state index contributed by atoms with van der Waals surface area (Å²) in [5, 5.41) is 19.8. The quantitative estimate of drug-likeness (QED) is 0.148. The zero-order chi connectivity index (χ0) is 28.2. The third kappa shape index (κ3) is 4.98. The minimum absolute atomic E-state index is 0.00416. The molecular weight excluding hydrogens is 534 g/mol. The molecule has 0 spiro atoms. The zero-order valence-corrected chi connectivity index (χ0v) is 22.6. The van der Waals surface area contributed by atoms with E-state index in [0.29, 0.717) is 5.75 Å². The van der Waals surface area contributed by atoms with Gasteiger partial charge in [-0.3, -0.25) is 15.3 Å². The Morgan fingerprint density at radius 2 is 1.62 bits per heavy atom. The van der Waals surface area contributed by atoms with Crippen LogP contribution in [0, 0.1) is 0 Å². The third-order valence-corrected chi connectivity index (χ3v) is 7.75. The molecule has 10 heteroatoms. The molecule has 1 fully saturated rings. The van der Waals surface area contributed by atoms with Crippen LogP contribution in [0.3, 0.4) is 0 Å². The Balaban J connectivity index is 1.67. The highest BCUT2D eigenvalue weighted by Gasteiger charge is 2.54. The third-order valence-electron chi connectivity index (χ3n) is 7.30. The first-order valence-electron chi connectivity index (χ1n) is 12.8. The average molecular weight is 564 g/mol. The standard InChI is InChI=1S/C30H30ClN3O6/c1-38-24-14-12-23(13-15-24)30(21-8-4-2-5-9-21,22-10-6-3-7-11-22)39-25-18-27(40-29(25,19-31)20-35)34-17-16-26(33-37)32-28(34)36/h2-17,25,27,35,37H,18-20H2,1H3,(H,32,33,36)/t25-,27+,29+/m0/s1. The van der Waals surface area contributed by atoms with Gasteiger partial charge in [0.2, 0.25) is 0 Å². The van der Waals surface area contributed by atoms with Crippen LogP contribution in [0.4, 0.5) is 5.82 Å². The molecule has 0 radical (unpaired) electrons. The molecule has 208 valence electrons. The second-order valence-corrected chi connectivity index (χ2v) is 9.79. The lowest BCUT2D eigenvalue weighted by molar-refractivity contribution is -0.152. The number of aliphatic hydroxyl groups excluding tert-OH is 1. The number of benzene rings is 3. The minimum Gasteiger partial charge on any atom is -0.497 e. The molecule has 3 N–H and O–H groups in total. The van der Waals surface area contributed by atoms with Crippen LogP contribution in [0.2, 0.25) is 0 Å². The average Bonchev–Trinajstić information content (AvgIpc) is 3.38. The summed E-state index contributed by atoms with van der Waals surface area (Å²) in [7, 11) is 1.61. The van der Waals surface area contributed by atoms with E-state index in [4.69, 9.17) is 31.0 Å². The van der Waals surface area contributed by atoms with E-state index in [1.807, 2.05) is 90.4 Å². The lowest BCUT2D eigenvalue weighted by Crippen LogP contribution is -2.50. The van der Waals surface area contributed by atoms with Gasteiger partial charge < -0.3 is 19.3 Å². The molecule has 1 saturated heterocycles. The summed E-state index contributed by atoms with van der Waals surface area (Å²) >= 11 is 6.48. The highest BCUT2D eigenvalue weighted by atomic mass is 35.5. The molecule has 0 amide bonds. The summed E-state index contributed by atoms with van der Waals surface area (Å²) in [6.07, 6.45) is 0.0645. The Hall–Kier alpha value is -3.73. The van der Waals surface area contributed by atoms with E-state index in [1.165, 1.54) is 16.8 Å². The number of hydrogen-bond donors (Lipinski definition) is 3. The van der Waals surface area contributed by atoms with Crippen LogP contribution >= 0.6 is 11.6 Å². The maximum absolute atomic E-state index is 12.8. The Kier molecular flexibility index (Phi) is 8.20. The minimum atomic E-state index is -1.33. The van der Waals surface area contributed by atoms with Gasteiger partial charge in [0.15, 0.2) is 5.82 Å². The maximum Gasteiger partial charge on any atom is 0.351 e. The Morgan fingerprint density at radius 3 is 2.12 bits per heavy atom. The van der Waals surface area contributed by atoms with Gasteiger partial charge in [-0.25, -0.2) is 4.79 Å². The summed E-state index contributed by atoms with van der Waals surface area (Å²) in [6, 6.07) is 28.7. The number of hydrogen-bond acceptors (Lipinski definition) is 8. The topological polar surface area (TPSA) is 115 Å². The van der Waals surface area contributed by atoms with Gasteiger partial charge in [0, 0.05) is 12.6 Å². The van der Waals surface area contributed by atoms with Crippen molar-refractivity contribution in [2.24, 2.45) is 0 Å². The van der Waals surface area contributed by atoms with E-state index >= 15 is 0 Å². The maximum atomic E-state index is 12.8. The van der Waals surface area contributed by atoms with Crippen molar-refractivity contribution in [2.45, 2.75) is 30.0 Å². The van der Waals surface area contributed by atoms with Gasteiger partial charge in [-0.05, 0) is 34.9 Å². The summed E-state index contributed by atoms with van der Waals surface area (Å²) in [5.41, 5.74) is 1.29. The van der Waals surface area contributed by atoms with E-state index < -0.39 is 35.8 Å². The fraction of sp³-hybridized carbons (Fsp3) is 0.267. The van der Waals surface area contributed by atoms with Crippen molar-refractivity contribution in [1.82, 2.24) is 9.55 Å². The SMILES string of the molecule is COc1ccc(C(O[C@H]2C[C@H](n3ccc(NO)nc3=O)O[C@@]2(CO)CCl)(c2ccccc2)c2ccccc2)cc1. The van der Waals surface area contributed by atoms with Crippen LogP contribution < -0.4 is 15.9 Å². The first kappa shape index (κ1) is 27.8. The van der Waals surface area contributed by atoms with Crippen molar-refractivity contribution in [3.63, 3.8) is 0 Å². The highest BCUT2D eigenvalue weighted by Crippen LogP contribution is 2.48. The second-order valence-electron chi connectivity index (χ2n) is 9.53. The zero-order valence-electron chi connectivity index (χ0n) is 21.8. The van der Waals surface area contributed by atoms with Gasteiger partial charge in [0.25, 0.3) is 0 Å². The monoisotopic (exact) mass is 563 g/mol. The van der Waals surface area contributed by atoms with Crippen molar-refractivity contribution in [3.05, 3.63) is 124 Å². The van der Waals surface area contributed by atoms with Crippen LogP contribution in [-0.4, -0.2) is 51.2 Å². The molecule has 4 aromatic rings. The molecular formula is C30H30ClN3O6. The molecule has 0 saturated carbocycles. The second kappa shape index (κ2) is 11.8. The molecule has 0 aliphatic carbocycles. The van der Waals surface area contributed by atoms with Crippen molar-refractivity contribution in [1.29, 1.82) is 0 Å². The van der Waals surface area contributed by atoms with E-state index in [2.05, 4.69) is 4.98 Å². The molecule has 3 aromatic carbocycles. The first-order chi connectivity index (χ1) is 19.5. The van der Waals surface area contributed by atoms with Crippen LogP contribution in [-0.2, 0) is 15.1 Å². The molecule has 1 aliphatic heterocycles. The van der Waals surface area contributed by atoms with E-state index in [-0.39, 0.29) is 18.1 Å². The summed E-state index contributed by atoms with van der Waals surface area (Å²) in [5.74, 6) is 0.608. The summed E-state index contributed by atoms with van der Waals surface area (Å²) in [4.78, 5) is 16.6. The number of aromatic nitrogens is 2. The number of methoxy groups -OCH3 is 1. The lowest BCUT2D eigenvalue weighted by atomic mass is 9.79. The lowest BCUT2D eigenvalue weighted by Gasteiger charge is -2.41. The van der Waals surface area contributed by atoms with Gasteiger partial charge in [0.1, 0.15) is 23.2 Å². The normalized spacial score (nSPS) is 20.8. The van der Waals surface area contributed by atoms with Crippen LogP contribution in [0.5, 0.6) is 5.75 Å². The fourth-order valence-corrected chi connectivity index (χ4v) is 5.52. The van der Waals surface area contributed by atoms with Gasteiger partial charge in [-0.1, -0.05) is 72.8 Å². The van der Waals surface area contributed by atoms with E-state index in [9.17, 15) is 9.90 Å². The van der Waals surface area contributed by atoms with Gasteiger partial charge in [0.05, 0.1) is 25.7 Å². The van der Waals surface area contributed by atoms with Gasteiger partial charge >= 0.3 is 5.69 Å². The largest absolute Gasteiger partial charge is 0.497 e. The van der Waals surface area contributed by atoms with E-state index in [1.54, 1.807) is 7.11 Å². The van der Waals surface area contributed by atoms with Crippen molar-refractivity contribution >= 4 is 17.4 Å². The van der Waals surface area contributed by atoms with Gasteiger partial charge in [-0.2, -0.15) is 4.98 Å². The molecule has 5 rings (SSSR count). The number of rotatable bonds is 10. The number of ether oxygens (including phenoxy) is 3. The highest BCUT2D eigenvalue weighted by molar-refractivity contribution is 6.18. The molecule has 40 heavy (non-hydrogen) atoms. The predicted octanol–water partition coefficient (Wildman–Crippen LogP) is 4.32. The van der Waals surface area contributed by atoms with Gasteiger partial charge in [-0.15, -0.1) is 11.6 Å². The van der Waals surface area contributed by atoms with Crippen molar-refractivity contribution < 1.29 is 24.5 Å².